The van der Waals surface area contributed by atoms with E-state index in [-0.39, 0.29) is 12.3 Å². The Balaban J connectivity index is 1.52. The number of rotatable bonds is 6. The van der Waals surface area contributed by atoms with E-state index in [1.165, 1.54) is 6.33 Å². The van der Waals surface area contributed by atoms with Crippen molar-refractivity contribution in [3.8, 4) is 0 Å². The molecule has 1 N–H and O–H groups in total. The van der Waals surface area contributed by atoms with Crippen LogP contribution in [-0.4, -0.2) is 25.8 Å². The first-order valence-electron chi connectivity index (χ1n) is 7.70. The molecule has 24 heavy (non-hydrogen) atoms. The van der Waals surface area contributed by atoms with E-state index in [0.29, 0.717) is 18.8 Å². The van der Waals surface area contributed by atoms with Crippen LogP contribution in [0.1, 0.15) is 28.1 Å². The summed E-state index contributed by atoms with van der Waals surface area (Å²) in [4.78, 5) is 16.0. The second-order valence-electron chi connectivity index (χ2n) is 5.67. The molecule has 0 aliphatic carbocycles. The fourth-order valence-electron chi connectivity index (χ4n) is 2.44. The molecule has 7 heteroatoms. The molecular weight excluding hydrogens is 306 g/mol. The monoisotopic (exact) mass is 325 g/mol. The van der Waals surface area contributed by atoms with E-state index in [2.05, 4.69) is 20.6 Å². The molecule has 0 unspecified atom stereocenters. The fraction of sp³-hybridized carbons (Fsp3) is 0.294. The SMILES string of the molecule is Cc1noc(C)c1CC(=O)NCc1ccc(Cn2cncn2)cc1. The van der Waals surface area contributed by atoms with Crippen molar-refractivity contribution in [2.45, 2.75) is 33.4 Å². The lowest BCUT2D eigenvalue weighted by molar-refractivity contribution is -0.120. The van der Waals surface area contributed by atoms with Gasteiger partial charge in [-0.15, -0.1) is 0 Å². The maximum absolute atomic E-state index is 12.1. The molecule has 0 spiro atoms. The molecule has 0 aliphatic rings. The number of hydrogen-bond donors (Lipinski definition) is 1. The molecule has 3 rings (SSSR count). The molecule has 0 saturated carbocycles. The van der Waals surface area contributed by atoms with Gasteiger partial charge in [-0.05, 0) is 25.0 Å². The highest BCUT2D eigenvalue weighted by molar-refractivity contribution is 5.78. The lowest BCUT2D eigenvalue weighted by Crippen LogP contribution is -2.24. The van der Waals surface area contributed by atoms with E-state index in [1.54, 1.807) is 11.0 Å². The standard InChI is InChI=1S/C17H19N5O2/c1-12-16(13(2)24-21-12)7-17(23)19-8-14-3-5-15(6-4-14)9-22-11-18-10-20-22/h3-6,10-11H,7-9H2,1-2H3,(H,19,23). The molecule has 3 aromatic rings. The fourth-order valence-corrected chi connectivity index (χ4v) is 2.44. The summed E-state index contributed by atoms with van der Waals surface area (Å²) in [5.41, 5.74) is 3.80. The maximum Gasteiger partial charge on any atom is 0.224 e. The zero-order valence-electron chi connectivity index (χ0n) is 13.7. The third kappa shape index (κ3) is 3.87. The Hall–Kier alpha value is -2.96. The summed E-state index contributed by atoms with van der Waals surface area (Å²) in [6.45, 7) is 4.83. The number of nitrogens with zero attached hydrogens (tertiary/aromatic N) is 4. The van der Waals surface area contributed by atoms with Crippen LogP contribution in [-0.2, 0) is 24.3 Å². The number of aromatic nitrogens is 4. The van der Waals surface area contributed by atoms with E-state index in [9.17, 15) is 4.79 Å². The molecule has 0 bridgehead atoms. The van der Waals surface area contributed by atoms with Crippen molar-refractivity contribution in [3.05, 3.63) is 65.1 Å². The molecule has 7 nitrogen and oxygen atoms in total. The number of carbonyl (C=O) groups is 1. The topological polar surface area (TPSA) is 85.8 Å². The first-order valence-corrected chi connectivity index (χ1v) is 7.70. The number of hydrogen-bond acceptors (Lipinski definition) is 5. The lowest BCUT2D eigenvalue weighted by atomic mass is 10.1. The second kappa shape index (κ2) is 7.08. The predicted octanol–water partition coefficient (Wildman–Crippen LogP) is 1.79. The quantitative estimate of drug-likeness (QED) is 0.747. The van der Waals surface area contributed by atoms with Crippen LogP contribution in [0.2, 0.25) is 0 Å². The Labute approximate surface area is 139 Å². The summed E-state index contributed by atoms with van der Waals surface area (Å²) in [6, 6.07) is 8.06. The Kier molecular flexibility index (Phi) is 4.69. The highest BCUT2D eigenvalue weighted by Gasteiger charge is 2.13. The van der Waals surface area contributed by atoms with Crippen LogP contribution in [0.5, 0.6) is 0 Å². The van der Waals surface area contributed by atoms with Crippen LogP contribution < -0.4 is 5.32 Å². The van der Waals surface area contributed by atoms with E-state index in [0.717, 1.165) is 22.4 Å². The molecule has 2 aromatic heterocycles. The van der Waals surface area contributed by atoms with Gasteiger partial charge in [0.25, 0.3) is 0 Å². The van der Waals surface area contributed by atoms with Gasteiger partial charge in [-0.25, -0.2) is 9.67 Å². The number of benzene rings is 1. The zero-order chi connectivity index (χ0) is 16.9. The molecule has 2 heterocycles. The zero-order valence-corrected chi connectivity index (χ0v) is 13.7. The first kappa shape index (κ1) is 15.9. The second-order valence-corrected chi connectivity index (χ2v) is 5.67. The van der Waals surface area contributed by atoms with Crippen LogP contribution in [0.4, 0.5) is 0 Å². The van der Waals surface area contributed by atoms with Crippen LogP contribution in [0.3, 0.4) is 0 Å². The highest BCUT2D eigenvalue weighted by atomic mass is 16.5. The average Bonchev–Trinajstić information content (AvgIpc) is 3.19. The van der Waals surface area contributed by atoms with Crippen molar-refractivity contribution in [2.24, 2.45) is 0 Å². The maximum atomic E-state index is 12.1. The highest BCUT2D eigenvalue weighted by Crippen LogP contribution is 2.13. The number of amides is 1. The van der Waals surface area contributed by atoms with Gasteiger partial charge >= 0.3 is 0 Å². The van der Waals surface area contributed by atoms with Gasteiger partial charge in [0.05, 0.1) is 18.7 Å². The van der Waals surface area contributed by atoms with Gasteiger partial charge in [0.2, 0.25) is 5.91 Å². The largest absolute Gasteiger partial charge is 0.361 e. The molecule has 1 amide bonds. The van der Waals surface area contributed by atoms with Gasteiger partial charge < -0.3 is 9.84 Å². The molecule has 0 fully saturated rings. The Morgan fingerprint density at radius 3 is 2.58 bits per heavy atom. The average molecular weight is 325 g/mol. The van der Waals surface area contributed by atoms with Crippen molar-refractivity contribution < 1.29 is 9.32 Å². The van der Waals surface area contributed by atoms with E-state index < -0.39 is 0 Å². The van der Waals surface area contributed by atoms with Gasteiger partial charge in [-0.1, -0.05) is 29.4 Å². The Morgan fingerprint density at radius 1 is 1.21 bits per heavy atom. The van der Waals surface area contributed by atoms with Crippen molar-refractivity contribution in [1.82, 2.24) is 25.2 Å². The summed E-state index contributed by atoms with van der Waals surface area (Å²) in [5.74, 6) is 0.649. The lowest BCUT2D eigenvalue weighted by Gasteiger charge is -2.07. The van der Waals surface area contributed by atoms with E-state index >= 15 is 0 Å². The van der Waals surface area contributed by atoms with Crippen LogP contribution in [0, 0.1) is 13.8 Å². The molecule has 0 atom stereocenters. The van der Waals surface area contributed by atoms with Crippen molar-refractivity contribution >= 4 is 5.91 Å². The van der Waals surface area contributed by atoms with Crippen LogP contribution >= 0.6 is 0 Å². The van der Waals surface area contributed by atoms with Crippen molar-refractivity contribution in [3.63, 3.8) is 0 Å². The first-order chi connectivity index (χ1) is 11.6. The van der Waals surface area contributed by atoms with Gasteiger partial charge in [0.1, 0.15) is 18.4 Å². The molecule has 1 aromatic carbocycles. The molecule has 0 aliphatic heterocycles. The van der Waals surface area contributed by atoms with Crippen molar-refractivity contribution in [1.29, 1.82) is 0 Å². The van der Waals surface area contributed by atoms with E-state index in [4.69, 9.17) is 4.52 Å². The summed E-state index contributed by atoms with van der Waals surface area (Å²) in [5, 5.41) is 10.9. The smallest absolute Gasteiger partial charge is 0.224 e. The summed E-state index contributed by atoms with van der Waals surface area (Å²) < 4.78 is 6.84. The third-order valence-corrected chi connectivity index (χ3v) is 3.84. The number of aryl methyl sites for hydroxylation is 2. The minimum absolute atomic E-state index is 0.0453. The van der Waals surface area contributed by atoms with Crippen LogP contribution in [0.15, 0.2) is 41.4 Å². The van der Waals surface area contributed by atoms with Gasteiger partial charge in [-0.2, -0.15) is 5.10 Å². The van der Waals surface area contributed by atoms with E-state index in [1.807, 2.05) is 38.1 Å². The molecule has 0 saturated heterocycles. The summed E-state index contributed by atoms with van der Waals surface area (Å²) in [6.07, 6.45) is 3.48. The minimum Gasteiger partial charge on any atom is -0.361 e. The Bertz CT molecular complexity index is 787. The minimum atomic E-state index is -0.0453. The van der Waals surface area contributed by atoms with Gasteiger partial charge in [0, 0.05) is 12.1 Å². The predicted molar refractivity (Wildman–Crippen MR) is 87.1 cm³/mol. The van der Waals surface area contributed by atoms with Gasteiger partial charge in [-0.3, -0.25) is 4.79 Å². The Morgan fingerprint density at radius 2 is 1.96 bits per heavy atom. The normalized spacial score (nSPS) is 10.8. The van der Waals surface area contributed by atoms with Crippen molar-refractivity contribution in [2.75, 3.05) is 0 Å². The van der Waals surface area contributed by atoms with Gasteiger partial charge in [0.15, 0.2) is 0 Å². The molecule has 0 radical (unpaired) electrons. The number of carbonyl (C=O) groups excluding carboxylic acids is 1. The summed E-state index contributed by atoms with van der Waals surface area (Å²) >= 11 is 0. The molecular formula is C17H19N5O2. The summed E-state index contributed by atoms with van der Waals surface area (Å²) in [7, 11) is 0. The third-order valence-electron chi connectivity index (χ3n) is 3.84. The molecule has 124 valence electrons. The number of nitrogens with one attached hydrogen (secondary N) is 1. The van der Waals surface area contributed by atoms with Crippen LogP contribution in [0.25, 0.3) is 0 Å².